The van der Waals surface area contributed by atoms with E-state index in [0.717, 1.165) is 10.9 Å². The van der Waals surface area contributed by atoms with Crippen LogP contribution in [-0.2, 0) is 11.8 Å². The van der Waals surface area contributed by atoms with Crippen LogP contribution in [0, 0.1) is 12.3 Å². The van der Waals surface area contributed by atoms with Crippen molar-refractivity contribution in [3.63, 3.8) is 0 Å². The van der Waals surface area contributed by atoms with Crippen molar-refractivity contribution in [3.05, 3.63) is 64.8 Å². The lowest BCUT2D eigenvalue weighted by Crippen LogP contribution is -2.35. The van der Waals surface area contributed by atoms with Crippen LogP contribution in [0.4, 0.5) is 5.69 Å². The molecule has 0 spiro atoms. The van der Waals surface area contributed by atoms with Gasteiger partial charge in [-0.15, -0.1) is 6.42 Å². The quantitative estimate of drug-likeness (QED) is 0.705. The third kappa shape index (κ3) is 3.97. The molecule has 5 nitrogen and oxygen atoms in total. The van der Waals surface area contributed by atoms with Gasteiger partial charge in [-0.25, -0.2) is 0 Å². The maximum Gasteiger partial charge on any atom is 0.270 e. The molecule has 2 aromatic carbocycles. The van der Waals surface area contributed by atoms with E-state index in [-0.39, 0.29) is 18.4 Å². The molecule has 27 heavy (non-hydrogen) atoms. The number of rotatable bonds is 4. The van der Waals surface area contributed by atoms with Gasteiger partial charge in [0.2, 0.25) is 5.91 Å². The number of anilines is 1. The minimum atomic E-state index is -0.304. The standard InChI is InChI=1S/C21H18ClN3O2/c1-4-14-6-5-7-17(10-14)23-20(26)13-24(2)21(27)19-12-15-11-16(22)8-9-18(15)25(19)3/h1,5-12H,13H2,2-3H3,(H,23,26). The molecule has 1 aromatic heterocycles. The number of carbonyl (C=O) groups excluding carboxylic acids is 2. The van der Waals surface area contributed by atoms with Gasteiger partial charge in [-0.2, -0.15) is 0 Å². The summed E-state index contributed by atoms with van der Waals surface area (Å²) in [5, 5.41) is 4.23. The van der Waals surface area contributed by atoms with Gasteiger partial charge in [0.15, 0.2) is 0 Å². The van der Waals surface area contributed by atoms with Crippen molar-refractivity contribution in [2.24, 2.45) is 7.05 Å². The summed E-state index contributed by atoms with van der Waals surface area (Å²) in [6.07, 6.45) is 5.36. The predicted molar refractivity (Wildman–Crippen MR) is 108 cm³/mol. The highest BCUT2D eigenvalue weighted by Crippen LogP contribution is 2.23. The molecule has 0 aliphatic rings. The van der Waals surface area contributed by atoms with Crippen LogP contribution in [0.1, 0.15) is 16.1 Å². The summed E-state index contributed by atoms with van der Waals surface area (Å²) in [7, 11) is 3.40. The molecule has 6 heteroatoms. The van der Waals surface area contributed by atoms with E-state index in [0.29, 0.717) is 22.0 Å². The van der Waals surface area contributed by atoms with E-state index in [1.165, 1.54) is 4.90 Å². The molecule has 0 unspecified atom stereocenters. The van der Waals surface area contributed by atoms with Gasteiger partial charge in [-0.05, 0) is 42.5 Å². The lowest BCUT2D eigenvalue weighted by molar-refractivity contribution is -0.116. The van der Waals surface area contributed by atoms with Gasteiger partial charge in [-0.1, -0.05) is 23.6 Å². The molecular weight excluding hydrogens is 362 g/mol. The van der Waals surface area contributed by atoms with E-state index in [1.54, 1.807) is 54.1 Å². The van der Waals surface area contributed by atoms with E-state index in [2.05, 4.69) is 11.2 Å². The average molecular weight is 380 g/mol. The molecular formula is C21H18ClN3O2. The van der Waals surface area contributed by atoms with Crippen molar-refractivity contribution < 1.29 is 9.59 Å². The topological polar surface area (TPSA) is 54.3 Å². The van der Waals surface area contributed by atoms with Crippen LogP contribution in [0.3, 0.4) is 0 Å². The monoisotopic (exact) mass is 379 g/mol. The van der Waals surface area contributed by atoms with Crippen LogP contribution < -0.4 is 5.32 Å². The number of likely N-dealkylation sites (N-methyl/N-ethyl adjacent to an activating group) is 1. The van der Waals surface area contributed by atoms with Gasteiger partial charge in [0.25, 0.3) is 5.91 Å². The number of aryl methyl sites for hydroxylation is 1. The lowest BCUT2D eigenvalue weighted by Gasteiger charge is -2.17. The van der Waals surface area contributed by atoms with Crippen molar-refractivity contribution >= 4 is 40.0 Å². The highest BCUT2D eigenvalue weighted by molar-refractivity contribution is 6.31. The summed E-state index contributed by atoms with van der Waals surface area (Å²) in [5.41, 5.74) is 2.64. The third-order valence-electron chi connectivity index (χ3n) is 4.26. The van der Waals surface area contributed by atoms with E-state index in [4.69, 9.17) is 18.0 Å². The zero-order valence-corrected chi connectivity index (χ0v) is 15.7. The first-order valence-corrected chi connectivity index (χ1v) is 8.64. The van der Waals surface area contributed by atoms with E-state index >= 15 is 0 Å². The Bertz CT molecular complexity index is 1080. The molecule has 0 atom stereocenters. The first-order valence-electron chi connectivity index (χ1n) is 8.26. The Kier molecular flexibility index (Phi) is 5.20. The molecule has 0 saturated heterocycles. The molecule has 3 rings (SSSR count). The van der Waals surface area contributed by atoms with Crippen LogP contribution in [0.25, 0.3) is 10.9 Å². The summed E-state index contributed by atoms with van der Waals surface area (Å²) in [4.78, 5) is 26.4. The lowest BCUT2D eigenvalue weighted by atomic mass is 10.2. The smallest absolute Gasteiger partial charge is 0.270 e. The van der Waals surface area contributed by atoms with Crippen LogP contribution in [0.5, 0.6) is 0 Å². The number of amides is 2. The van der Waals surface area contributed by atoms with Crippen LogP contribution in [0.2, 0.25) is 5.02 Å². The maximum atomic E-state index is 12.8. The highest BCUT2D eigenvalue weighted by Gasteiger charge is 2.19. The summed E-state index contributed by atoms with van der Waals surface area (Å²) < 4.78 is 1.79. The number of nitrogens with zero attached hydrogens (tertiary/aromatic N) is 2. The molecule has 0 bridgehead atoms. The summed E-state index contributed by atoms with van der Waals surface area (Å²) >= 11 is 6.02. The van der Waals surface area contributed by atoms with Gasteiger partial charge >= 0.3 is 0 Å². The fourth-order valence-corrected chi connectivity index (χ4v) is 3.08. The Balaban J connectivity index is 1.73. The summed E-state index contributed by atoms with van der Waals surface area (Å²) in [6, 6.07) is 14.2. The zero-order chi connectivity index (χ0) is 19.6. The fourth-order valence-electron chi connectivity index (χ4n) is 2.90. The Morgan fingerprint density at radius 2 is 2.00 bits per heavy atom. The molecule has 2 amide bonds. The van der Waals surface area contributed by atoms with Gasteiger partial charge in [0, 0.05) is 41.3 Å². The largest absolute Gasteiger partial charge is 0.340 e. The van der Waals surface area contributed by atoms with Gasteiger partial charge in [0.05, 0.1) is 6.54 Å². The highest BCUT2D eigenvalue weighted by atomic mass is 35.5. The average Bonchev–Trinajstić information content (AvgIpc) is 2.96. The fraction of sp³-hybridized carbons (Fsp3) is 0.143. The zero-order valence-electron chi connectivity index (χ0n) is 15.0. The first-order chi connectivity index (χ1) is 12.9. The summed E-state index contributed by atoms with van der Waals surface area (Å²) in [5.74, 6) is 1.96. The van der Waals surface area contributed by atoms with Crippen molar-refractivity contribution in [3.8, 4) is 12.3 Å². The van der Waals surface area contributed by atoms with Crippen LogP contribution in [-0.4, -0.2) is 34.9 Å². The minimum absolute atomic E-state index is 0.0819. The van der Waals surface area contributed by atoms with Crippen molar-refractivity contribution in [2.75, 3.05) is 18.9 Å². The number of aromatic nitrogens is 1. The molecule has 0 radical (unpaired) electrons. The normalized spacial score (nSPS) is 10.4. The van der Waals surface area contributed by atoms with E-state index < -0.39 is 0 Å². The SMILES string of the molecule is C#Cc1cccc(NC(=O)CN(C)C(=O)c2cc3cc(Cl)ccc3n2C)c1. The Hall–Kier alpha value is -3.23. The maximum absolute atomic E-state index is 12.8. The van der Waals surface area contributed by atoms with E-state index in [9.17, 15) is 9.59 Å². The van der Waals surface area contributed by atoms with Gasteiger partial charge in [0.1, 0.15) is 5.69 Å². The number of hydrogen-bond donors (Lipinski definition) is 1. The third-order valence-corrected chi connectivity index (χ3v) is 4.50. The molecule has 1 N–H and O–H groups in total. The Morgan fingerprint density at radius 1 is 1.22 bits per heavy atom. The van der Waals surface area contributed by atoms with Gasteiger partial charge in [-0.3, -0.25) is 9.59 Å². The number of benzene rings is 2. The Morgan fingerprint density at radius 3 is 2.74 bits per heavy atom. The molecule has 0 fully saturated rings. The van der Waals surface area contributed by atoms with Crippen molar-refractivity contribution in [1.82, 2.24) is 9.47 Å². The van der Waals surface area contributed by atoms with E-state index in [1.807, 2.05) is 13.1 Å². The number of halogens is 1. The first kappa shape index (κ1) is 18.6. The van der Waals surface area contributed by atoms with Crippen LogP contribution in [0.15, 0.2) is 48.5 Å². The molecule has 136 valence electrons. The molecule has 3 aromatic rings. The minimum Gasteiger partial charge on any atom is -0.340 e. The number of hydrogen-bond acceptors (Lipinski definition) is 2. The predicted octanol–water partition coefficient (Wildman–Crippen LogP) is 3.52. The van der Waals surface area contributed by atoms with Crippen molar-refractivity contribution in [2.45, 2.75) is 0 Å². The number of terminal acetylenes is 1. The van der Waals surface area contributed by atoms with Crippen LogP contribution >= 0.6 is 11.6 Å². The number of fused-ring (bicyclic) bond motifs is 1. The second kappa shape index (κ2) is 7.56. The van der Waals surface area contributed by atoms with Crippen molar-refractivity contribution in [1.29, 1.82) is 0 Å². The molecule has 0 aliphatic carbocycles. The summed E-state index contributed by atoms with van der Waals surface area (Å²) in [6.45, 7) is -0.0819. The van der Waals surface area contributed by atoms with Gasteiger partial charge < -0.3 is 14.8 Å². The Labute approximate surface area is 162 Å². The molecule has 1 heterocycles. The number of nitrogens with one attached hydrogen (secondary N) is 1. The second-order valence-corrected chi connectivity index (χ2v) is 6.66. The molecule has 0 aliphatic heterocycles. The molecule has 0 saturated carbocycles. The second-order valence-electron chi connectivity index (χ2n) is 6.23. The number of carbonyl (C=O) groups is 2.